The zero-order valence-corrected chi connectivity index (χ0v) is 13.8. The lowest BCUT2D eigenvalue weighted by Gasteiger charge is -2.14. The molecule has 0 aliphatic rings. The van der Waals surface area contributed by atoms with Crippen molar-refractivity contribution < 1.29 is 18.1 Å². The highest BCUT2D eigenvalue weighted by molar-refractivity contribution is 7.85. The number of hydrogen-bond donors (Lipinski definition) is 2. The molecule has 1 atom stereocenters. The molecule has 0 bridgehead atoms. The van der Waals surface area contributed by atoms with Crippen molar-refractivity contribution in [3.05, 3.63) is 70.7 Å². The molecule has 22 heavy (non-hydrogen) atoms. The molecule has 2 aromatic carbocycles. The molecule has 120 valence electrons. The Morgan fingerprint density at radius 2 is 1.55 bits per heavy atom. The van der Waals surface area contributed by atoms with E-state index in [1.165, 1.54) is 11.1 Å². The van der Waals surface area contributed by atoms with Crippen LogP contribution in [0.4, 0.5) is 0 Å². The second-order valence-corrected chi connectivity index (χ2v) is 6.76. The second-order valence-electron chi connectivity index (χ2n) is 4.85. The number of aliphatic hydroxyl groups is 1. The standard InChI is InChI=1S/C15H15ClO.CH4O3S/c16-15-8-6-12(7-9-15)10-14(11-17)13-4-2-1-3-5-13;1-5(2,3)4/h1-9,14,17H,10-11H2;1H3,(H,2,3,4). The second kappa shape index (κ2) is 8.90. The third-order valence-corrected chi connectivity index (χ3v) is 3.14. The van der Waals surface area contributed by atoms with E-state index in [9.17, 15) is 13.5 Å². The lowest BCUT2D eigenvalue weighted by atomic mass is 9.93. The van der Waals surface area contributed by atoms with Crippen LogP contribution in [0.3, 0.4) is 0 Å². The van der Waals surface area contributed by atoms with E-state index in [2.05, 4.69) is 12.1 Å². The smallest absolute Gasteiger partial charge is 0.261 e. The summed E-state index contributed by atoms with van der Waals surface area (Å²) in [6.45, 7) is 0.159. The van der Waals surface area contributed by atoms with Crippen LogP contribution in [0.25, 0.3) is 0 Å². The van der Waals surface area contributed by atoms with Gasteiger partial charge in [-0.3, -0.25) is 4.55 Å². The van der Waals surface area contributed by atoms with Crippen LogP contribution in [0.1, 0.15) is 17.0 Å². The Morgan fingerprint density at radius 3 is 2.00 bits per heavy atom. The molecule has 0 fully saturated rings. The van der Waals surface area contributed by atoms with E-state index in [0.29, 0.717) is 6.26 Å². The van der Waals surface area contributed by atoms with Gasteiger partial charge in [-0.25, -0.2) is 0 Å². The first kappa shape index (κ1) is 18.6. The molecule has 4 nitrogen and oxygen atoms in total. The van der Waals surface area contributed by atoms with E-state index < -0.39 is 10.1 Å². The molecule has 0 aliphatic carbocycles. The molecule has 0 spiro atoms. The van der Waals surface area contributed by atoms with Crippen molar-refractivity contribution in [1.82, 2.24) is 0 Å². The van der Waals surface area contributed by atoms with Crippen LogP contribution in [0.2, 0.25) is 5.02 Å². The Morgan fingerprint density at radius 1 is 1.05 bits per heavy atom. The minimum Gasteiger partial charge on any atom is -0.396 e. The van der Waals surface area contributed by atoms with Gasteiger partial charge < -0.3 is 5.11 Å². The Bertz CT molecular complexity index is 646. The van der Waals surface area contributed by atoms with Crippen molar-refractivity contribution in [2.45, 2.75) is 12.3 Å². The number of aliphatic hydroxyl groups excluding tert-OH is 1. The summed E-state index contributed by atoms with van der Waals surface area (Å²) in [6.07, 6.45) is 1.55. The summed E-state index contributed by atoms with van der Waals surface area (Å²) >= 11 is 5.85. The molecule has 2 aromatic rings. The summed E-state index contributed by atoms with van der Waals surface area (Å²) in [5, 5.41) is 10.2. The number of benzene rings is 2. The van der Waals surface area contributed by atoms with Crippen molar-refractivity contribution in [1.29, 1.82) is 0 Å². The summed E-state index contributed by atoms with van der Waals surface area (Å²) < 4.78 is 25.9. The molecule has 6 heteroatoms. The largest absolute Gasteiger partial charge is 0.396 e. The van der Waals surface area contributed by atoms with Crippen LogP contribution in [-0.2, 0) is 16.5 Å². The van der Waals surface area contributed by atoms with Gasteiger partial charge >= 0.3 is 0 Å². The Hall–Kier alpha value is -1.40. The van der Waals surface area contributed by atoms with Gasteiger partial charge in [0.05, 0.1) is 12.9 Å². The maximum absolute atomic E-state index is 9.47. The van der Waals surface area contributed by atoms with E-state index in [4.69, 9.17) is 16.2 Å². The summed E-state index contributed by atoms with van der Waals surface area (Å²) in [5.74, 6) is 0.150. The highest BCUT2D eigenvalue weighted by Gasteiger charge is 2.10. The fourth-order valence-corrected chi connectivity index (χ4v) is 2.04. The zero-order chi connectivity index (χ0) is 16.6. The van der Waals surface area contributed by atoms with Crippen molar-refractivity contribution in [2.24, 2.45) is 0 Å². The maximum atomic E-state index is 9.47. The molecule has 2 N–H and O–H groups in total. The Balaban J connectivity index is 0.000000422. The normalized spacial score (nSPS) is 12.2. The molecule has 0 heterocycles. The number of halogens is 1. The third-order valence-electron chi connectivity index (χ3n) is 2.89. The minimum absolute atomic E-state index is 0.150. The first-order valence-corrected chi connectivity index (χ1v) is 8.85. The van der Waals surface area contributed by atoms with Crippen molar-refractivity contribution >= 4 is 21.7 Å². The monoisotopic (exact) mass is 342 g/mol. The van der Waals surface area contributed by atoms with Crippen molar-refractivity contribution in [2.75, 3.05) is 12.9 Å². The fraction of sp³-hybridized carbons (Fsp3) is 0.250. The van der Waals surface area contributed by atoms with Gasteiger partial charge in [0, 0.05) is 10.9 Å². The summed E-state index contributed by atoms with van der Waals surface area (Å²) in [4.78, 5) is 0. The topological polar surface area (TPSA) is 74.6 Å². The molecular formula is C16H19ClO4S. The molecule has 0 aromatic heterocycles. The van der Waals surface area contributed by atoms with Crippen LogP contribution in [0, 0.1) is 0 Å². The predicted octanol–water partition coefficient (Wildman–Crippen LogP) is 3.16. The first-order valence-electron chi connectivity index (χ1n) is 6.62. The van der Waals surface area contributed by atoms with Crippen LogP contribution in [-0.4, -0.2) is 30.9 Å². The van der Waals surface area contributed by atoms with Crippen molar-refractivity contribution in [3.8, 4) is 0 Å². The molecule has 0 saturated carbocycles. The highest BCUT2D eigenvalue weighted by atomic mass is 35.5. The van der Waals surface area contributed by atoms with E-state index >= 15 is 0 Å². The van der Waals surface area contributed by atoms with Gasteiger partial charge in [-0.2, -0.15) is 8.42 Å². The van der Waals surface area contributed by atoms with Gasteiger partial charge in [0.25, 0.3) is 10.1 Å². The van der Waals surface area contributed by atoms with Gasteiger partial charge in [0.15, 0.2) is 0 Å². The predicted molar refractivity (Wildman–Crippen MR) is 88.9 cm³/mol. The van der Waals surface area contributed by atoms with Crippen LogP contribution < -0.4 is 0 Å². The molecular weight excluding hydrogens is 324 g/mol. The third kappa shape index (κ3) is 8.14. The molecule has 1 unspecified atom stereocenters. The van der Waals surface area contributed by atoms with Gasteiger partial charge in [-0.1, -0.05) is 54.1 Å². The number of rotatable bonds is 4. The highest BCUT2D eigenvalue weighted by Crippen LogP contribution is 2.21. The lowest BCUT2D eigenvalue weighted by molar-refractivity contribution is 0.264. The van der Waals surface area contributed by atoms with Gasteiger partial charge in [0.1, 0.15) is 0 Å². The average molecular weight is 343 g/mol. The minimum atomic E-state index is -3.67. The summed E-state index contributed by atoms with van der Waals surface area (Å²) in [6, 6.07) is 17.9. The van der Waals surface area contributed by atoms with Crippen LogP contribution in [0.15, 0.2) is 54.6 Å². The van der Waals surface area contributed by atoms with E-state index in [1.807, 2.05) is 42.5 Å². The first-order chi connectivity index (χ1) is 10.3. The van der Waals surface area contributed by atoms with E-state index in [0.717, 1.165) is 11.4 Å². The fourth-order valence-electron chi connectivity index (χ4n) is 1.92. The SMILES string of the molecule is CS(=O)(=O)O.OCC(Cc1ccc(Cl)cc1)c1ccccc1. The van der Waals surface area contributed by atoms with Crippen LogP contribution in [0.5, 0.6) is 0 Å². The molecule has 0 amide bonds. The summed E-state index contributed by atoms with van der Waals surface area (Å²) in [7, 11) is -3.67. The van der Waals surface area contributed by atoms with Gasteiger partial charge in [0.2, 0.25) is 0 Å². The van der Waals surface area contributed by atoms with E-state index in [-0.39, 0.29) is 12.5 Å². The Labute approximate surface area is 136 Å². The van der Waals surface area contributed by atoms with Gasteiger partial charge in [-0.05, 0) is 29.7 Å². The molecule has 2 rings (SSSR count). The lowest BCUT2D eigenvalue weighted by Crippen LogP contribution is -2.07. The zero-order valence-electron chi connectivity index (χ0n) is 12.2. The maximum Gasteiger partial charge on any atom is 0.261 e. The van der Waals surface area contributed by atoms with E-state index in [1.54, 1.807) is 0 Å². The molecule has 0 saturated heterocycles. The molecule has 0 aliphatic heterocycles. The van der Waals surface area contributed by atoms with Gasteiger partial charge in [-0.15, -0.1) is 0 Å². The average Bonchev–Trinajstić information content (AvgIpc) is 2.46. The molecule has 0 radical (unpaired) electrons. The quantitative estimate of drug-likeness (QED) is 0.837. The van der Waals surface area contributed by atoms with Crippen molar-refractivity contribution in [3.63, 3.8) is 0 Å². The number of hydrogen-bond acceptors (Lipinski definition) is 3. The summed E-state index contributed by atoms with van der Waals surface area (Å²) in [5.41, 5.74) is 2.36. The van der Waals surface area contributed by atoms with Crippen LogP contribution >= 0.6 is 11.6 Å². The Kier molecular flexibility index (Phi) is 7.55.